The zero-order valence-corrected chi connectivity index (χ0v) is 18.3. The van der Waals surface area contributed by atoms with Crippen molar-refractivity contribution in [2.75, 3.05) is 57.9 Å². The van der Waals surface area contributed by atoms with Gasteiger partial charge in [0.25, 0.3) is 0 Å². The van der Waals surface area contributed by atoms with Gasteiger partial charge in [0.05, 0.1) is 13.2 Å². The summed E-state index contributed by atoms with van der Waals surface area (Å²) in [5.41, 5.74) is 1.30. The second-order valence-corrected chi connectivity index (χ2v) is 8.87. The Hall–Kier alpha value is -1.86. The van der Waals surface area contributed by atoms with Gasteiger partial charge in [0.15, 0.2) is 11.6 Å². The lowest BCUT2D eigenvalue weighted by molar-refractivity contribution is -0.122. The Kier molecular flexibility index (Phi) is 7.44. The maximum atomic E-state index is 11.9. The first-order valence-corrected chi connectivity index (χ1v) is 11.6. The number of methoxy groups -OCH3 is 1. The Morgan fingerprint density at radius 1 is 1.23 bits per heavy atom. The van der Waals surface area contributed by atoms with Gasteiger partial charge in [-0.05, 0) is 50.6 Å². The highest BCUT2D eigenvalue weighted by atomic mass is 16.5. The van der Waals surface area contributed by atoms with E-state index in [-0.39, 0.29) is 5.91 Å². The minimum Gasteiger partial charge on any atom is -0.489 e. The van der Waals surface area contributed by atoms with Crippen molar-refractivity contribution in [3.63, 3.8) is 0 Å². The Morgan fingerprint density at radius 2 is 2.03 bits per heavy atom. The molecule has 7 heteroatoms. The first-order chi connectivity index (χ1) is 14.7. The van der Waals surface area contributed by atoms with E-state index in [1.807, 2.05) is 6.20 Å². The Balaban J connectivity index is 1.14. The van der Waals surface area contributed by atoms with E-state index in [4.69, 9.17) is 9.47 Å². The highest BCUT2D eigenvalue weighted by molar-refractivity contribution is 5.76. The van der Waals surface area contributed by atoms with Crippen LogP contribution in [-0.2, 0) is 16.0 Å². The predicted molar refractivity (Wildman–Crippen MR) is 117 cm³/mol. The third-order valence-corrected chi connectivity index (χ3v) is 6.86. The molecule has 3 aliphatic rings. The monoisotopic (exact) mass is 416 g/mol. The number of hydrogen-bond acceptors (Lipinski definition) is 6. The molecule has 3 heterocycles. The molecule has 0 aromatic carbocycles. The van der Waals surface area contributed by atoms with Crippen LogP contribution in [0.2, 0.25) is 0 Å². The fourth-order valence-electron chi connectivity index (χ4n) is 4.96. The van der Waals surface area contributed by atoms with Crippen molar-refractivity contribution in [1.82, 2.24) is 15.2 Å². The molecule has 0 atom stereocenters. The van der Waals surface area contributed by atoms with Gasteiger partial charge in [-0.3, -0.25) is 9.69 Å². The summed E-state index contributed by atoms with van der Waals surface area (Å²) in [6.45, 7) is 6.70. The maximum Gasteiger partial charge on any atom is 0.222 e. The quantitative estimate of drug-likeness (QED) is 0.701. The molecular weight excluding hydrogens is 380 g/mol. The topological polar surface area (TPSA) is 66.9 Å². The zero-order valence-electron chi connectivity index (χ0n) is 18.3. The van der Waals surface area contributed by atoms with Crippen molar-refractivity contribution in [1.29, 1.82) is 0 Å². The smallest absolute Gasteiger partial charge is 0.222 e. The number of amides is 1. The molecule has 1 saturated heterocycles. The van der Waals surface area contributed by atoms with Gasteiger partial charge < -0.3 is 19.7 Å². The standard InChI is InChI=1S/C23H36N4O3/c1-29-16-9-21(28)25-20-4-2-18(3-5-20)7-11-26-12-14-27(15-13-26)23-22-19(6-10-24-23)8-17-30-22/h6,10,18,20H,2-5,7-9,11-17H2,1H3,(H,25,28)/t18-,20-. The number of pyridine rings is 1. The van der Waals surface area contributed by atoms with Crippen molar-refractivity contribution >= 4 is 11.7 Å². The highest BCUT2D eigenvalue weighted by Gasteiger charge is 2.26. The number of aromatic nitrogens is 1. The second-order valence-electron chi connectivity index (χ2n) is 8.87. The lowest BCUT2D eigenvalue weighted by Gasteiger charge is -2.37. The van der Waals surface area contributed by atoms with Crippen LogP contribution in [0.3, 0.4) is 0 Å². The normalized spacial score (nSPS) is 24.4. The van der Waals surface area contributed by atoms with Crippen molar-refractivity contribution < 1.29 is 14.3 Å². The molecule has 1 saturated carbocycles. The molecule has 0 bridgehead atoms. The Labute approximate surface area is 180 Å². The predicted octanol–water partition coefficient (Wildman–Crippen LogP) is 2.24. The van der Waals surface area contributed by atoms with E-state index in [0.717, 1.165) is 69.5 Å². The van der Waals surface area contributed by atoms with E-state index in [1.54, 1.807) is 7.11 Å². The summed E-state index contributed by atoms with van der Waals surface area (Å²) in [4.78, 5) is 21.5. The number of anilines is 1. The summed E-state index contributed by atoms with van der Waals surface area (Å²) in [5, 5.41) is 3.17. The van der Waals surface area contributed by atoms with E-state index in [9.17, 15) is 4.79 Å². The van der Waals surface area contributed by atoms with Crippen LogP contribution in [0.1, 0.15) is 44.1 Å². The Morgan fingerprint density at radius 3 is 2.80 bits per heavy atom. The molecular formula is C23H36N4O3. The molecule has 1 N–H and O–H groups in total. The largest absolute Gasteiger partial charge is 0.489 e. The van der Waals surface area contributed by atoms with Gasteiger partial charge in [-0.25, -0.2) is 4.98 Å². The minimum absolute atomic E-state index is 0.127. The van der Waals surface area contributed by atoms with E-state index in [0.29, 0.717) is 19.1 Å². The van der Waals surface area contributed by atoms with Crippen LogP contribution >= 0.6 is 0 Å². The molecule has 30 heavy (non-hydrogen) atoms. The number of hydrogen-bond donors (Lipinski definition) is 1. The van der Waals surface area contributed by atoms with E-state index in [1.165, 1.54) is 31.4 Å². The van der Waals surface area contributed by atoms with Gasteiger partial charge >= 0.3 is 0 Å². The minimum atomic E-state index is 0.127. The van der Waals surface area contributed by atoms with Crippen LogP contribution in [0.25, 0.3) is 0 Å². The molecule has 0 radical (unpaired) electrons. The van der Waals surface area contributed by atoms with E-state index < -0.39 is 0 Å². The second kappa shape index (κ2) is 10.4. The third kappa shape index (κ3) is 5.43. The number of nitrogens with zero attached hydrogens (tertiary/aromatic N) is 3. The summed E-state index contributed by atoms with van der Waals surface area (Å²) in [6, 6.07) is 2.44. The first kappa shape index (κ1) is 21.4. The maximum absolute atomic E-state index is 11.9. The number of ether oxygens (including phenoxy) is 2. The molecule has 2 aliphatic heterocycles. The molecule has 0 spiro atoms. The van der Waals surface area contributed by atoms with Gasteiger partial charge in [0, 0.05) is 63.9 Å². The number of nitrogens with one attached hydrogen (secondary N) is 1. The van der Waals surface area contributed by atoms with E-state index in [2.05, 4.69) is 26.2 Å². The number of rotatable bonds is 8. The molecule has 0 unspecified atom stereocenters. The number of piperazine rings is 1. The van der Waals surface area contributed by atoms with Crippen LogP contribution < -0.4 is 15.0 Å². The first-order valence-electron chi connectivity index (χ1n) is 11.6. The molecule has 1 aromatic rings. The van der Waals surface area contributed by atoms with Crippen LogP contribution in [0.5, 0.6) is 5.75 Å². The average Bonchev–Trinajstić information content (AvgIpc) is 3.27. The molecule has 7 nitrogen and oxygen atoms in total. The van der Waals surface area contributed by atoms with Crippen LogP contribution in [-0.4, -0.2) is 74.9 Å². The van der Waals surface area contributed by atoms with Crippen molar-refractivity contribution in [3.05, 3.63) is 17.8 Å². The van der Waals surface area contributed by atoms with Crippen LogP contribution in [0, 0.1) is 5.92 Å². The fraction of sp³-hybridized carbons (Fsp3) is 0.739. The van der Waals surface area contributed by atoms with Gasteiger partial charge in [0.1, 0.15) is 0 Å². The number of carbonyl (C=O) groups is 1. The van der Waals surface area contributed by atoms with Crippen LogP contribution in [0.15, 0.2) is 12.3 Å². The molecule has 4 rings (SSSR count). The summed E-state index contributed by atoms with van der Waals surface area (Å²) < 4.78 is 10.8. The molecule has 1 aliphatic carbocycles. The van der Waals surface area contributed by atoms with Crippen molar-refractivity contribution in [2.45, 2.75) is 51.0 Å². The van der Waals surface area contributed by atoms with Gasteiger partial charge in [-0.2, -0.15) is 0 Å². The molecule has 1 amide bonds. The van der Waals surface area contributed by atoms with Gasteiger partial charge in [0.2, 0.25) is 5.91 Å². The summed E-state index contributed by atoms with van der Waals surface area (Å²) >= 11 is 0. The number of fused-ring (bicyclic) bond motifs is 1. The fourth-order valence-corrected chi connectivity index (χ4v) is 4.96. The zero-order chi connectivity index (χ0) is 20.8. The summed E-state index contributed by atoms with van der Waals surface area (Å²) in [6.07, 6.45) is 9.35. The lowest BCUT2D eigenvalue weighted by atomic mass is 9.84. The van der Waals surface area contributed by atoms with Crippen molar-refractivity contribution in [3.8, 4) is 5.75 Å². The SMILES string of the molecule is COCCC(=O)N[C@H]1CC[C@H](CCN2CCN(c3nccc4c3OCC4)CC2)CC1. The average molecular weight is 417 g/mol. The Bertz CT molecular complexity index is 698. The van der Waals surface area contributed by atoms with E-state index >= 15 is 0 Å². The van der Waals surface area contributed by atoms with Crippen molar-refractivity contribution in [2.24, 2.45) is 5.92 Å². The molecule has 166 valence electrons. The molecule has 1 aromatic heterocycles. The summed E-state index contributed by atoms with van der Waals surface area (Å²) in [7, 11) is 1.64. The summed E-state index contributed by atoms with van der Waals surface area (Å²) in [5.74, 6) is 2.97. The van der Waals surface area contributed by atoms with Crippen LogP contribution in [0.4, 0.5) is 5.82 Å². The molecule has 2 fully saturated rings. The number of carbonyl (C=O) groups excluding carboxylic acids is 1. The van der Waals surface area contributed by atoms with Gasteiger partial charge in [-0.1, -0.05) is 0 Å². The van der Waals surface area contributed by atoms with Gasteiger partial charge in [-0.15, -0.1) is 0 Å². The lowest BCUT2D eigenvalue weighted by Crippen LogP contribution is -2.47. The third-order valence-electron chi connectivity index (χ3n) is 6.86. The highest BCUT2D eigenvalue weighted by Crippen LogP contribution is 2.34.